The highest BCUT2D eigenvalue weighted by Gasteiger charge is 2.27. The van der Waals surface area contributed by atoms with E-state index in [9.17, 15) is 9.90 Å². The van der Waals surface area contributed by atoms with Crippen LogP contribution in [0.3, 0.4) is 0 Å². The molecule has 1 aliphatic carbocycles. The lowest BCUT2D eigenvalue weighted by Crippen LogP contribution is -2.22. The molecule has 1 aliphatic rings. The van der Waals surface area contributed by atoms with Gasteiger partial charge in [0.2, 0.25) is 0 Å². The lowest BCUT2D eigenvalue weighted by atomic mass is 9.86. The van der Waals surface area contributed by atoms with Gasteiger partial charge in [-0.3, -0.25) is 4.79 Å². The zero-order valence-electron chi connectivity index (χ0n) is 13.8. The standard InChI is InChI=1S/C23H20O2/c24-22(20-14-5-2-6-15-20)23(25)21-17-8-7-13-19(21)16-9-12-18-10-3-1-4-11-18/h1-17,21-22,24H. The molecule has 0 aliphatic heterocycles. The molecule has 0 aromatic heterocycles. The van der Waals surface area contributed by atoms with Crippen molar-refractivity contribution in [2.24, 2.45) is 5.92 Å². The van der Waals surface area contributed by atoms with Crippen LogP contribution >= 0.6 is 0 Å². The molecule has 0 bridgehead atoms. The SMILES string of the molecule is O=C(C1C=CC=CC1=CC=Cc1ccccc1)C(O)c1ccccc1. The molecular weight excluding hydrogens is 308 g/mol. The highest BCUT2D eigenvalue weighted by atomic mass is 16.3. The molecule has 2 aromatic carbocycles. The molecule has 0 radical (unpaired) electrons. The monoisotopic (exact) mass is 328 g/mol. The van der Waals surface area contributed by atoms with Crippen LogP contribution in [-0.4, -0.2) is 10.9 Å². The van der Waals surface area contributed by atoms with Gasteiger partial charge in [-0.05, 0) is 16.7 Å². The second kappa shape index (κ2) is 8.22. The molecule has 0 spiro atoms. The first-order valence-electron chi connectivity index (χ1n) is 8.30. The van der Waals surface area contributed by atoms with Gasteiger partial charge < -0.3 is 5.11 Å². The summed E-state index contributed by atoms with van der Waals surface area (Å²) in [5, 5.41) is 10.4. The molecule has 0 heterocycles. The summed E-state index contributed by atoms with van der Waals surface area (Å²) >= 11 is 0. The molecule has 2 heteroatoms. The molecule has 2 aromatic rings. The minimum absolute atomic E-state index is 0.217. The topological polar surface area (TPSA) is 37.3 Å². The zero-order chi connectivity index (χ0) is 17.5. The molecule has 2 atom stereocenters. The summed E-state index contributed by atoms with van der Waals surface area (Å²) in [6.07, 6.45) is 12.2. The summed E-state index contributed by atoms with van der Waals surface area (Å²) in [5.74, 6) is -0.660. The number of hydrogen-bond acceptors (Lipinski definition) is 2. The van der Waals surface area contributed by atoms with E-state index >= 15 is 0 Å². The number of carbonyl (C=O) groups is 1. The van der Waals surface area contributed by atoms with Crippen molar-refractivity contribution in [2.75, 3.05) is 0 Å². The highest BCUT2D eigenvalue weighted by Crippen LogP contribution is 2.26. The first-order chi connectivity index (χ1) is 12.3. The first-order valence-corrected chi connectivity index (χ1v) is 8.30. The molecule has 2 unspecified atom stereocenters. The number of benzene rings is 2. The second-order valence-corrected chi connectivity index (χ2v) is 5.87. The average molecular weight is 328 g/mol. The predicted octanol–water partition coefficient (Wildman–Crippen LogP) is 4.67. The minimum atomic E-state index is -1.12. The van der Waals surface area contributed by atoms with Gasteiger partial charge in [-0.1, -0.05) is 103 Å². The van der Waals surface area contributed by atoms with Gasteiger partial charge in [0.25, 0.3) is 0 Å². The van der Waals surface area contributed by atoms with E-state index in [1.807, 2.05) is 91.1 Å². The predicted molar refractivity (Wildman–Crippen MR) is 102 cm³/mol. The van der Waals surface area contributed by atoms with Crippen molar-refractivity contribution in [3.8, 4) is 0 Å². The molecule has 0 saturated heterocycles. The van der Waals surface area contributed by atoms with Gasteiger partial charge in [0, 0.05) is 0 Å². The second-order valence-electron chi connectivity index (χ2n) is 5.87. The molecule has 0 fully saturated rings. The third-order valence-electron chi connectivity index (χ3n) is 4.13. The van der Waals surface area contributed by atoms with Crippen LogP contribution < -0.4 is 0 Å². The van der Waals surface area contributed by atoms with Crippen molar-refractivity contribution < 1.29 is 9.90 Å². The number of Topliss-reactive ketones (excluding diaryl/α,β-unsaturated/α-hetero) is 1. The zero-order valence-corrected chi connectivity index (χ0v) is 13.8. The molecule has 124 valence electrons. The fraction of sp³-hybridized carbons (Fsp3) is 0.0870. The van der Waals surface area contributed by atoms with E-state index in [0.717, 1.165) is 11.1 Å². The number of aliphatic hydroxyl groups excluding tert-OH is 1. The molecular formula is C23H20O2. The summed E-state index contributed by atoms with van der Waals surface area (Å²) in [4.78, 5) is 12.7. The van der Waals surface area contributed by atoms with Crippen LogP contribution in [0.15, 0.2) is 103 Å². The van der Waals surface area contributed by atoms with Gasteiger partial charge in [0.05, 0.1) is 5.92 Å². The number of ketones is 1. The fourth-order valence-corrected chi connectivity index (χ4v) is 2.78. The van der Waals surface area contributed by atoms with Crippen molar-refractivity contribution in [1.29, 1.82) is 0 Å². The Labute approximate surface area is 148 Å². The summed E-state index contributed by atoms with van der Waals surface area (Å²) in [7, 11) is 0. The number of aliphatic hydroxyl groups is 1. The number of rotatable bonds is 5. The van der Waals surface area contributed by atoms with E-state index in [2.05, 4.69) is 0 Å². The van der Waals surface area contributed by atoms with E-state index in [4.69, 9.17) is 0 Å². The smallest absolute Gasteiger partial charge is 0.177 e. The average Bonchev–Trinajstić information content (AvgIpc) is 2.69. The minimum Gasteiger partial charge on any atom is -0.381 e. The maximum absolute atomic E-state index is 12.7. The third kappa shape index (κ3) is 4.31. The van der Waals surface area contributed by atoms with Gasteiger partial charge in [0.15, 0.2) is 5.78 Å². The molecule has 0 amide bonds. The van der Waals surface area contributed by atoms with Crippen molar-refractivity contribution in [2.45, 2.75) is 6.10 Å². The van der Waals surface area contributed by atoms with Gasteiger partial charge >= 0.3 is 0 Å². The summed E-state index contributed by atoms with van der Waals surface area (Å²) in [6, 6.07) is 19.0. The quantitative estimate of drug-likeness (QED) is 0.866. The summed E-state index contributed by atoms with van der Waals surface area (Å²) in [6.45, 7) is 0. The Morgan fingerprint density at radius 2 is 1.64 bits per heavy atom. The third-order valence-corrected chi connectivity index (χ3v) is 4.13. The molecule has 25 heavy (non-hydrogen) atoms. The fourth-order valence-electron chi connectivity index (χ4n) is 2.78. The molecule has 0 saturated carbocycles. The Kier molecular flexibility index (Phi) is 5.55. The van der Waals surface area contributed by atoms with Crippen molar-refractivity contribution in [3.63, 3.8) is 0 Å². The largest absolute Gasteiger partial charge is 0.381 e. The molecule has 1 N–H and O–H groups in total. The molecule has 3 rings (SSSR count). The number of allylic oxidation sites excluding steroid dienone is 7. The first kappa shape index (κ1) is 16.9. The van der Waals surface area contributed by atoms with Crippen LogP contribution in [0.1, 0.15) is 17.2 Å². The Hall–Kier alpha value is -2.97. The molecule has 2 nitrogen and oxygen atoms in total. The summed E-state index contributed by atoms with van der Waals surface area (Å²) < 4.78 is 0. The van der Waals surface area contributed by atoms with E-state index in [0.29, 0.717) is 5.56 Å². The van der Waals surface area contributed by atoms with Crippen LogP contribution in [0, 0.1) is 5.92 Å². The van der Waals surface area contributed by atoms with E-state index in [-0.39, 0.29) is 5.78 Å². The van der Waals surface area contributed by atoms with E-state index in [1.54, 1.807) is 12.1 Å². The maximum Gasteiger partial charge on any atom is 0.177 e. The Balaban J connectivity index is 1.78. The van der Waals surface area contributed by atoms with E-state index < -0.39 is 12.0 Å². The Morgan fingerprint density at radius 1 is 0.960 bits per heavy atom. The number of hydrogen-bond donors (Lipinski definition) is 1. The van der Waals surface area contributed by atoms with Gasteiger partial charge in [-0.15, -0.1) is 0 Å². The number of carbonyl (C=O) groups excluding carboxylic acids is 1. The lowest BCUT2D eigenvalue weighted by Gasteiger charge is -2.19. The van der Waals surface area contributed by atoms with Crippen molar-refractivity contribution in [3.05, 3.63) is 114 Å². The van der Waals surface area contributed by atoms with Crippen LogP contribution in [0.25, 0.3) is 6.08 Å². The normalized spacial score (nSPS) is 19.4. The van der Waals surface area contributed by atoms with Crippen LogP contribution in [0.2, 0.25) is 0 Å². The van der Waals surface area contributed by atoms with Crippen LogP contribution in [0.4, 0.5) is 0 Å². The van der Waals surface area contributed by atoms with Gasteiger partial charge in [-0.25, -0.2) is 0 Å². The highest BCUT2D eigenvalue weighted by molar-refractivity contribution is 5.91. The van der Waals surface area contributed by atoms with Crippen LogP contribution in [-0.2, 0) is 4.79 Å². The van der Waals surface area contributed by atoms with Crippen molar-refractivity contribution >= 4 is 11.9 Å². The Morgan fingerprint density at radius 3 is 2.36 bits per heavy atom. The van der Waals surface area contributed by atoms with E-state index in [1.165, 1.54) is 0 Å². The lowest BCUT2D eigenvalue weighted by molar-refractivity contribution is -0.129. The maximum atomic E-state index is 12.7. The van der Waals surface area contributed by atoms with Gasteiger partial charge in [0.1, 0.15) is 6.10 Å². The summed E-state index contributed by atoms with van der Waals surface area (Å²) in [5.41, 5.74) is 2.59. The van der Waals surface area contributed by atoms with Crippen molar-refractivity contribution in [1.82, 2.24) is 0 Å². The Bertz CT molecular complexity index is 827. The van der Waals surface area contributed by atoms with Gasteiger partial charge in [-0.2, -0.15) is 0 Å². The van der Waals surface area contributed by atoms with Crippen LogP contribution in [0.5, 0.6) is 0 Å².